The Bertz CT molecular complexity index is 877. The quantitative estimate of drug-likeness (QED) is 0.661. The first-order chi connectivity index (χ1) is 13.9. The van der Waals surface area contributed by atoms with Gasteiger partial charge in [-0.15, -0.1) is 0 Å². The van der Waals surface area contributed by atoms with Crippen molar-refractivity contribution in [3.05, 3.63) is 28.8 Å². The molecule has 1 fully saturated rings. The maximum Gasteiger partial charge on any atom is 0.309 e. The van der Waals surface area contributed by atoms with Gasteiger partial charge in [-0.05, 0) is 65.0 Å². The van der Waals surface area contributed by atoms with Gasteiger partial charge in [0.1, 0.15) is 0 Å². The molecule has 1 saturated heterocycles. The normalized spacial score (nSPS) is 16.3. The predicted octanol–water partition coefficient (Wildman–Crippen LogP) is 2.86. The molecule has 1 amide bonds. The zero-order valence-corrected chi connectivity index (χ0v) is 19.7. The van der Waals surface area contributed by atoms with Gasteiger partial charge in [0.05, 0.1) is 10.8 Å². The Hall–Kier alpha value is -1.93. The van der Waals surface area contributed by atoms with Gasteiger partial charge >= 0.3 is 5.97 Å². The SMILES string of the molecule is CCC(C)(C)NC(=O)COC(=O)C1CCN(S(=O)(=O)c2c(C)cc(C)cc2C)CC1. The summed E-state index contributed by atoms with van der Waals surface area (Å²) >= 11 is 0. The van der Waals surface area contributed by atoms with Crippen LogP contribution in [0.5, 0.6) is 0 Å². The lowest BCUT2D eigenvalue weighted by Gasteiger charge is -2.31. The van der Waals surface area contributed by atoms with Crippen LogP contribution in [0.15, 0.2) is 17.0 Å². The number of esters is 1. The van der Waals surface area contributed by atoms with Gasteiger partial charge in [-0.2, -0.15) is 4.31 Å². The minimum Gasteiger partial charge on any atom is -0.455 e. The second kappa shape index (κ2) is 9.47. The number of carbonyl (C=O) groups is 2. The highest BCUT2D eigenvalue weighted by Crippen LogP contribution is 2.29. The molecule has 0 spiro atoms. The summed E-state index contributed by atoms with van der Waals surface area (Å²) in [5.74, 6) is -1.18. The average molecular weight is 439 g/mol. The van der Waals surface area contributed by atoms with E-state index in [1.165, 1.54) is 4.31 Å². The number of ether oxygens (including phenoxy) is 1. The highest BCUT2D eigenvalue weighted by atomic mass is 32.2. The van der Waals surface area contributed by atoms with Crippen molar-refractivity contribution in [2.45, 2.75) is 71.2 Å². The van der Waals surface area contributed by atoms with Crippen LogP contribution in [0.25, 0.3) is 0 Å². The number of sulfonamides is 1. The molecule has 8 heteroatoms. The minimum absolute atomic E-state index is 0.254. The number of hydrogen-bond acceptors (Lipinski definition) is 5. The number of rotatable bonds is 7. The third-order valence-corrected chi connectivity index (χ3v) is 7.90. The van der Waals surface area contributed by atoms with E-state index in [0.717, 1.165) is 23.1 Å². The summed E-state index contributed by atoms with van der Waals surface area (Å²) in [7, 11) is -3.62. The van der Waals surface area contributed by atoms with Crippen molar-refractivity contribution in [3.8, 4) is 0 Å². The number of piperidine rings is 1. The molecule has 7 nitrogen and oxygen atoms in total. The summed E-state index contributed by atoms with van der Waals surface area (Å²) in [5.41, 5.74) is 2.14. The van der Waals surface area contributed by atoms with E-state index in [-0.39, 0.29) is 31.1 Å². The Kier molecular flexibility index (Phi) is 7.69. The minimum atomic E-state index is -3.62. The van der Waals surface area contributed by atoms with E-state index in [4.69, 9.17) is 4.74 Å². The van der Waals surface area contributed by atoms with E-state index in [9.17, 15) is 18.0 Å². The van der Waals surface area contributed by atoms with Crippen LogP contribution in [0.4, 0.5) is 0 Å². The van der Waals surface area contributed by atoms with Gasteiger partial charge in [0.2, 0.25) is 10.0 Å². The molecule has 0 saturated carbocycles. The van der Waals surface area contributed by atoms with Crippen molar-refractivity contribution in [1.82, 2.24) is 9.62 Å². The monoisotopic (exact) mass is 438 g/mol. The molecule has 0 radical (unpaired) electrons. The highest BCUT2D eigenvalue weighted by molar-refractivity contribution is 7.89. The first-order valence-electron chi connectivity index (χ1n) is 10.4. The average Bonchev–Trinajstić information content (AvgIpc) is 2.64. The predicted molar refractivity (Wildman–Crippen MR) is 116 cm³/mol. The Morgan fingerprint density at radius 1 is 1.13 bits per heavy atom. The van der Waals surface area contributed by atoms with E-state index in [1.54, 1.807) is 0 Å². The van der Waals surface area contributed by atoms with Crippen molar-refractivity contribution in [1.29, 1.82) is 0 Å². The van der Waals surface area contributed by atoms with Gasteiger partial charge in [-0.25, -0.2) is 8.42 Å². The third kappa shape index (κ3) is 5.82. The van der Waals surface area contributed by atoms with Gasteiger partial charge < -0.3 is 10.1 Å². The third-order valence-electron chi connectivity index (χ3n) is 5.70. The fourth-order valence-electron chi connectivity index (χ4n) is 3.79. The second-order valence-corrected chi connectivity index (χ2v) is 10.7. The van der Waals surface area contributed by atoms with Crippen LogP contribution in [-0.2, 0) is 24.3 Å². The number of nitrogens with one attached hydrogen (secondary N) is 1. The fraction of sp³-hybridized carbons (Fsp3) is 0.636. The number of hydrogen-bond donors (Lipinski definition) is 1. The highest BCUT2D eigenvalue weighted by Gasteiger charge is 2.34. The van der Waals surface area contributed by atoms with Gasteiger partial charge in [0, 0.05) is 18.6 Å². The van der Waals surface area contributed by atoms with E-state index in [2.05, 4.69) is 5.32 Å². The molecule has 1 heterocycles. The van der Waals surface area contributed by atoms with Crippen molar-refractivity contribution in [2.75, 3.05) is 19.7 Å². The molecule has 1 aliphatic heterocycles. The summed E-state index contributed by atoms with van der Waals surface area (Å²) in [6, 6.07) is 3.74. The van der Waals surface area contributed by atoms with Crippen LogP contribution < -0.4 is 5.32 Å². The molecule has 0 bridgehead atoms. The van der Waals surface area contributed by atoms with E-state index >= 15 is 0 Å². The fourth-order valence-corrected chi connectivity index (χ4v) is 5.67. The molecule has 1 aromatic rings. The van der Waals surface area contributed by atoms with Crippen LogP contribution >= 0.6 is 0 Å². The summed E-state index contributed by atoms with van der Waals surface area (Å²) in [5, 5.41) is 2.82. The molecule has 0 atom stereocenters. The van der Waals surface area contributed by atoms with E-state index < -0.39 is 21.9 Å². The number of benzene rings is 1. The largest absolute Gasteiger partial charge is 0.455 e. The molecule has 0 unspecified atom stereocenters. The topological polar surface area (TPSA) is 92.8 Å². The number of aryl methyl sites for hydroxylation is 3. The molecule has 1 N–H and O–H groups in total. The molecular formula is C22H34N2O5S. The van der Waals surface area contributed by atoms with Crippen molar-refractivity contribution >= 4 is 21.9 Å². The lowest BCUT2D eigenvalue weighted by atomic mass is 9.98. The summed E-state index contributed by atoms with van der Waals surface area (Å²) in [6.07, 6.45) is 1.52. The van der Waals surface area contributed by atoms with Crippen molar-refractivity contribution in [2.24, 2.45) is 5.92 Å². The van der Waals surface area contributed by atoms with E-state index in [0.29, 0.717) is 17.7 Å². The molecule has 168 valence electrons. The molecule has 2 rings (SSSR count). The maximum atomic E-state index is 13.1. The molecule has 30 heavy (non-hydrogen) atoms. The Balaban J connectivity index is 1.94. The second-order valence-electron chi connectivity index (χ2n) is 8.80. The van der Waals surface area contributed by atoms with Crippen LogP contribution in [0.3, 0.4) is 0 Å². The van der Waals surface area contributed by atoms with Gasteiger partial charge in [0.15, 0.2) is 6.61 Å². The Morgan fingerprint density at radius 2 is 1.67 bits per heavy atom. The summed E-state index contributed by atoms with van der Waals surface area (Å²) in [6.45, 7) is 11.5. The smallest absolute Gasteiger partial charge is 0.309 e. The Morgan fingerprint density at radius 3 is 2.17 bits per heavy atom. The van der Waals surface area contributed by atoms with E-state index in [1.807, 2.05) is 53.7 Å². The molecule has 1 aromatic carbocycles. The summed E-state index contributed by atoms with van der Waals surface area (Å²) < 4.78 is 32.9. The lowest BCUT2D eigenvalue weighted by molar-refractivity contribution is -0.154. The lowest BCUT2D eigenvalue weighted by Crippen LogP contribution is -2.45. The molecule has 0 aromatic heterocycles. The van der Waals surface area contributed by atoms with Gasteiger partial charge in [0.25, 0.3) is 5.91 Å². The summed E-state index contributed by atoms with van der Waals surface area (Å²) in [4.78, 5) is 24.6. The first-order valence-corrected chi connectivity index (χ1v) is 11.9. The number of nitrogens with zero attached hydrogens (tertiary/aromatic N) is 1. The molecule has 0 aliphatic carbocycles. The zero-order valence-electron chi connectivity index (χ0n) is 18.9. The zero-order chi connectivity index (χ0) is 22.7. The Labute approximate surface area is 180 Å². The van der Waals surface area contributed by atoms with Crippen LogP contribution in [-0.4, -0.2) is 49.8 Å². The maximum absolute atomic E-state index is 13.1. The molecule has 1 aliphatic rings. The van der Waals surface area contributed by atoms with Gasteiger partial charge in [-0.1, -0.05) is 24.6 Å². The van der Waals surface area contributed by atoms with Crippen molar-refractivity contribution in [3.63, 3.8) is 0 Å². The number of carbonyl (C=O) groups excluding carboxylic acids is 2. The van der Waals surface area contributed by atoms with Crippen LogP contribution in [0, 0.1) is 26.7 Å². The molecular weight excluding hydrogens is 404 g/mol. The standard InChI is InChI=1S/C22H34N2O5S/c1-7-22(5,6)23-19(25)14-29-21(26)18-8-10-24(11-9-18)30(27,28)20-16(3)12-15(2)13-17(20)4/h12-13,18H,7-11,14H2,1-6H3,(H,23,25). The number of amides is 1. The van der Waals surface area contributed by atoms with Crippen molar-refractivity contribution < 1.29 is 22.7 Å². The first kappa shape index (κ1) is 24.3. The van der Waals surface area contributed by atoms with Crippen LogP contribution in [0.2, 0.25) is 0 Å². The van der Waals surface area contributed by atoms with Gasteiger partial charge in [-0.3, -0.25) is 9.59 Å². The van der Waals surface area contributed by atoms with Crippen LogP contribution in [0.1, 0.15) is 56.7 Å².